The zero-order valence-electron chi connectivity index (χ0n) is 9.40. The molecule has 0 aromatic heterocycles. The maximum Gasteiger partial charge on any atom is 0.338 e. The fourth-order valence-electron chi connectivity index (χ4n) is 1.98. The van der Waals surface area contributed by atoms with Gasteiger partial charge in [-0.3, -0.25) is 4.79 Å². The van der Waals surface area contributed by atoms with Gasteiger partial charge in [0.1, 0.15) is 5.82 Å². The minimum atomic E-state index is -1.34. The van der Waals surface area contributed by atoms with E-state index in [4.69, 9.17) is 5.11 Å². The summed E-state index contributed by atoms with van der Waals surface area (Å²) in [5.74, 6) is -1.99. The van der Waals surface area contributed by atoms with Crippen molar-refractivity contribution in [2.45, 2.75) is 6.42 Å². The maximum absolute atomic E-state index is 13.3. The molecule has 2 rings (SSSR count). The zero-order valence-corrected chi connectivity index (χ0v) is 11.0. The number of hydrogen-bond acceptors (Lipinski definition) is 2. The number of alkyl halides is 1. The van der Waals surface area contributed by atoms with Gasteiger partial charge in [0.2, 0.25) is 5.91 Å². The summed E-state index contributed by atoms with van der Waals surface area (Å²) >= 11 is 3.32. The monoisotopic (exact) mass is 315 g/mol. The number of anilines is 1. The Morgan fingerprint density at radius 3 is 2.83 bits per heavy atom. The minimum Gasteiger partial charge on any atom is -0.478 e. The van der Waals surface area contributed by atoms with E-state index >= 15 is 0 Å². The van der Waals surface area contributed by atoms with Crippen molar-refractivity contribution in [3.05, 3.63) is 29.6 Å². The molecule has 1 amide bonds. The molecule has 1 saturated heterocycles. The average molecular weight is 316 g/mol. The number of rotatable bonds is 3. The molecule has 1 heterocycles. The summed E-state index contributed by atoms with van der Waals surface area (Å²) in [7, 11) is 0. The van der Waals surface area contributed by atoms with E-state index in [1.54, 1.807) is 0 Å². The molecule has 1 aliphatic rings. The molecule has 1 aromatic carbocycles. The Morgan fingerprint density at radius 1 is 1.56 bits per heavy atom. The van der Waals surface area contributed by atoms with Crippen LogP contribution in [0.25, 0.3) is 0 Å². The van der Waals surface area contributed by atoms with Crippen LogP contribution in [0.2, 0.25) is 0 Å². The number of amides is 1. The molecule has 6 heteroatoms. The Kier molecular flexibility index (Phi) is 3.65. The summed E-state index contributed by atoms with van der Waals surface area (Å²) in [4.78, 5) is 24.1. The first-order chi connectivity index (χ1) is 8.52. The van der Waals surface area contributed by atoms with Crippen molar-refractivity contribution in [1.82, 2.24) is 0 Å². The summed E-state index contributed by atoms with van der Waals surface area (Å²) in [6.45, 7) is 0.523. The van der Waals surface area contributed by atoms with Crippen molar-refractivity contribution in [2.24, 2.45) is 5.92 Å². The van der Waals surface area contributed by atoms with Gasteiger partial charge >= 0.3 is 5.97 Å². The number of carbonyl (C=O) groups is 2. The highest BCUT2D eigenvalue weighted by Gasteiger charge is 2.30. The van der Waals surface area contributed by atoms with Crippen molar-refractivity contribution in [3.8, 4) is 0 Å². The third kappa shape index (κ3) is 2.38. The van der Waals surface area contributed by atoms with Crippen LogP contribution >= 0.6 is 15.9 Å². The molecule has 1 N–H and O–H groups in total. The Bertz CT molecular complexity index is 506. The second-order valence-electron chi connectivity index (χ2n) is 4.20. The van der Waals surface area contributed by atoms with Gasteiger partial charge in [-0.2, -0.15) is 0 Å². The van der Waals surface area contributed by atoms with Crippen LogP contribution in [-0.4, -0.2) is 28.9 Å². The maximum atomic E-state index is 13.3. The van der Waals surface area contributed by atoms with Gasteiger partial charge in [0.15, 0.2) is 0 Å². The van der Waals surface area contributed by atoms with Crippen molar-refractivity contribution < 1.29 is 19.1 Å². The zero-order chi connectivity index (χ0) is 13.3. The minimum absolute atomic E-state index is 0.0672. The molecule has 4 nitrogen and oxygen atoms in total. The predicted octanol–water partition coefficient (Wildman–Crippen LogP) is 2.27. The quantitative estimate of drug-likeness (QED) is 0.870. The molecule has 0 bridgehead atoms. The standard InChI is InChI=1S/C12H11BrFNO3/c13-5-7-3-11(16)15(6-7)8-1-2-10(14)9(4-8)12(17)18/h1-2,4,7H,3,5-6H2,(H,17,18). The van der Waals surface area contributed by atoms with E-state index in [2.05, 4.69) is 15.9 Å². The van der Waals surface area contributed by atoms with Crippen molar-refractivity contribution in [1.29, 1.82) is 0 Å². The van der Waals surface area contributed by atoms with Crippen molar-refractivity contribution in [2.75, 3.05) is 16.8 Å². The number of benzene rings is 1. The lowest BCUT2D eigenvalue weighted by molar-refractivity contribution is -0.117. The third-order valence-corrected chi connectivity index (χ3v) is 3.83. The van der Waals surface area contributed by atoms with Gasteiger partial charge < -0.3 is 10.0 Å². The molecule has 1 atom stereocenters. The highest BCUT2D eigenvalue weighted by Crippen LogP contribution is 2.27. The fraction of sp³-hybridized carbons (Fsp3) is 0.333. The normalized spacial score (nSPS) is 19.3. The summed E-state index contributed by atoms with van der Waals surface area (Å²) in [6, 6.07) is 3.70. The van der Waals surface area contributed by atoms with E-state index in [9.17, 15) is 14.0 Å². The number of carbonyl (C=O) groups excluding carboxylic acids is 1. The highest BCUT2D eigenvalue weighted by atomic mass is 79.9. The third-order valence-electron chi connectivity index (χ3n) is 2.92. The van der Waals surface area contributed by atoms with Crippen molar-refractivity contribution >= 4 is 33.5 Å². The van der Waals surface area contributed by atoms with Crippen LogP contribution in [-0.2, 0) is 4.79 Å². The summed E-state index contributed by atoms with van der Waals surface area (Å²) < 4.78 is 13.3. The fourth-order valence-corrected chi connectivity index (χ4v) is 2.41. The van der Waals surface area contributed by atoms with E-state index < -0.39 is 17.3 Å². The van der Waals surface area contributed by atoms with Crippen LogP contribution in [0.5, 0.6) is 0 Å². The number of halogens is 2. The van der Waals surface area contributed by atoms with Crippen LogP contribution in [0.3, 0.4) is 0 Å². The highest BCUT2D eigenvalue weighted by molar-refractivity contribution is 9.09. The largest absolute Gasteiger partial charge is 0.478 e. The lowest BCUT2D eigenvalue weighted by atomic mass is 10.1. The van der Waals surface area contributed by atoms with E-state index in [-0.39, 0.29) is 11.8 Å². The first kappa shape index (κ1) is 13.0. The molecule has 0 spiro atoms. The lowest BCUT2D eigenvalue weighted by Crippen LogP contribution is -2.25. The van der Waals surface area contributed by atoms with E-state index in [0.717, 1.165) is 6.07 Å². The van der Waals surface area contributed by atoms with Crippen LogP contribution in [0, 0.1) is 11.7 Å². The molecule has 1 aliphatic heterocycles. The van der Waals surface area contributed by atoms with Gasteiger partial charge in [0.25, 0.3) is 0 Å². The molecule has 0 aliphatic carbocycles. The molecule has 1 fully saturated rings. The van der Waals surface area contributed by atoms with Gasteiger partial charge in [-0.05, 0) is 24.1 Å². The SMILES string of the molecule is O=C(O)c1cc(N2CC(CBr)CC2=O)ccc1F. The molecule has 18 heavy (non-hydrogen) atoms. The van der Waals surface area contributed by atoms with E-state index in [1.807, 2.05) is 0 Å². The van der Waals surface area contributed by atoms with Crippen LogP contribution in [0.15, 0.2) is 18.2 Å². The van der Waals surface area contributed by atoms with Gasteiger partial charge in [0, 0.05) is 24.0 Å². The van der Waals surface area contributed by atoms with Crippen LogP contribution in [0.4, 0.5) is 10.1 Å². The number of nitrogens with zero attached hydrogens (tertiary/aromatic N) is 1. The predicted molar refractivity (Wildman–Crippen MR) is 67.6 cm³/mol. The lowest BCUT2D eigenvalue weighted by Gasteiger charge is -2.17. The Morgan fingerprint density at radius 2 is 2.28 bits per heavy atom. The van der Waals surface area contributed by atoms with E-state index in [0.29, 0.717) is 24.0 Å². The Labute approximate surface area is 112 Å². The number of carboxylic acids is 1. The molecule has 1 aromatic rings. The van der Waals surface area contributed by atoms with Gasteiger partial charge in [-0.15, -0.1) is 0 Å². The van der Waals surface area contributed by atoms with Gasteiger partial charge in [-0.1, -0.05) is 15.9 Å². The second-order valence-corrected chi connectivity index (χ2v) is 4.85. The summed E-state index contributed by atoms with van der Waals surface area (Å²) in [5.41, 5.74) is 0.0184. The van der Waals surface area contributed by atoms with E-state index in [1.165, 1.54) is 17.0 Å². The van der Waals surface area contributed by atoms with Gasteiger partial charge in [0.05, 0.1) is 5.56 Å². The molecule has 0 saturated carbocycles. The Hall–Kier alpha value is -1.43. The molecular formula is C12H11BrFNO3. The molecule has 96 valence electrons. The number of aromatic carboxylic acids is 1. The van der Waals surface area contributed by atoms with Crippen LogP contribution in [0.1, 0.15) is 16.8 Å². The second kappa shape index (κ2) is 5.06. The first-order valence-corrected chi connectivity index (χ1v) is 6.54. The van der Waals surface area contributed by atoms with Crippen molar-refractivity contribution in [3.63, 3.8) is 0 Å². The number of carboxylic acid groups (broad SMARTS) is 1. The topological polar surface area (TPSA) is 57.6 Å². The Balaban J connectivity index is 2.32. The van der Waals surface area contributed by atoms with Gasteiger partial charge in [-0.25, -0.2) is 9.18 Å². The molecular weight excluding hydrogens is 305 g/mol. The van der Waals surface area contributed by atoms with Crippen LogP contribution < -0.4 is 4.90 Å². The molecule has 1 unspecified atom stereocenters. The number of hydrogen-bond donors (Lipinski definition) is 1. The smallest absolute Gasteiger partial charge is 0.338 e. The summed E-state index contributed by atoms with van der Waals surface area (Å²) in [6.07, 6.45) is 0.422. The summed E-state index contributed by atoms with van der Waals surface area (Å²) in [5, 5.41) is 9.56. The molecule has 0 radical (unpaired) electrons. The average Bonchev–Trinajstić information content (AvgIpc) is 2.71. The first-order valence-electron chi connectivity index (χ1n) is 5.42.